The topological polar surface area (TPSA) is 76.4 Å². The van der Waals surface area contributed by atoms with Gasteiger partial charge in [-0.2, -0.15) is 0 Å². The number of benzene rings is 2. The average Bonchev–Trinajstić information content (AvgIpc) is 3.01. The Hall–Kier alpha value is -3.21. The molecule has 1 N–H and O–H groups in total. The predicted octanol–water partition coefficient (Wildman–Crippen LogP) is 3.16. The number of carbonyl (C=O) groups excluding carboxylic acids is 3. The highest BCUT2D eigenvalue weighted by Gasteiger charge is 2.30. The van der Waals surface area contributed by atoms with E-state index in [1.807, 2.05) is 19.1 Å². The van der Waals surface area contributed by atoms with Gasteiger partial charge in [-0.3, -0.25) is 19.7 Å². The quantitative estimate of drug-likeness (QED) is 0.581. The summed E-state index contributed by atoms with van der Waals surface area (Å²) in [5.41, 5.74) is 3.00. The summed E-state index contributed by atoms with van der Waals surface area (Å²) in [4.78, 5) is 36.5. The summed E-state index contributed by atoms with van der Waals surface area (Å²) < 4.78 is 5.66. The van der Waals surface area contributed by atoms with Gasteiger partial charge in [-0.25, -0.2) is 0 Å². The minimum Gasteiger partial charge on any atom is -0.461 e. The fraction of sp³-hybridized carbons (Fsp3) is 0.105. The Morgan fingerprint density at radius 3 is 2.25 bits per heavy atom. The molecule has 24 heavy (non-hydrogen) atoms. The van der Waals surface area contributed by atoms with Gasteiger partial charge < -0.3 is 4.42 Å². The van der Waals surface area contributed by atoms with Crippen molar-refractivity contribution in [1.29, 1.82) is 0 Å². The van der Waals surface area contributed by atoms with Crippen LogP contribution in [0.2, 0.25) is 0 Å². The average molecular weight is 319 g/mol. The zero-order valence-corrected chi connectivity index (χ0v) is 13.1. The molecule has 0 fully saturated rings. The second-order valence-corrected chi connectivity index (χ2v) is 5.91. The molecule has 5 heteroatoms. The second kappa shape index (κ2) is 4.89. The Morgan fingerprint density at radius 1 is 0.958 bits per heavy atom. The summed E-state index contributed by atoms with van der Waals surface area (Å²) in [6.07, 6.45) is 0. The summed E-state index contributed by atoms with van der Waals surface area (Å²) in [5, 5.41) is 2.79. The Kier molecular flexibility index (Phi) is 2.93. The number of ketones is 1. The van der Waals surface area contributed by atoms with E-state index in [1.54, 1.807) is 25.1 Å². The van der Waals surface area contributed by atoms with Gasteiger partial charge in [0.05, 0.1) is 16.7 Å². The number of rotatable bonds is 2. The third-order valence-electron chi connectivity index (χ3n) is 4.26. The molecule has 1 aromatic heterocycles. The maximum atomic E-state index is 12.9. The lowest BCUT2D eigenvalue weighted by molar-refractivity contribution is 0.0878. The zero-order valence-electron chi connectivity index (χ0n) is 13.1. The normalized spacial score (nSPS) is 13.2. The molecule has 0 saturated carbocycles. The molecule has 2 amide bonds. The Balaban J connectivity index is 1.93. The number of carbonyl (C=O) groups is 3. The van der Waals surface area contributed by atoms with Crippen LogP contribution >= 0.6 is 0 Å². The van der Waals surface area contributed by atoms with Crippen LogP contribution < -0.4 is 5.32 Å². The smallest absolute Gasteiger partial charge is 0.259 e. The third kappa shape index (κ3) is 1.98. The third-order valence-corrected chi connectivity index (χ3v) is 4.26. The fourth-order valence-corrected chi connectivity index (χ4v) is 3.01. The molecule has 0 radical (unpaired) electrons. The number of furan rings is 1. The van der Waals surface area contributed by atoms with Crippen LogP contribution in [0.5, 0.6) is 0 Å². The van der Waals surface area contributed by atoms with Crippen LogP contribution in [0.25, 0.3) is 11.0 Å². The van der Waals surface area contributed by atoms with Crippen LogP contribution in [0.4, 0.5) is 0 Å². The van der Waals surface area contributed by atoms with Gasteiger partial charge in [-0.05, 0) is 26.0 Å². The molecule has 0 aliphatic carbocycles. The number of hydrogen-bond acceptors (Lipinski definition) is 4. The molecule has 1 aliphatic rings. The molecule has 0 spiro atoms. The maximum absolute atomic E-state index is 12.9. The molecular formula is C19H13NO4. The van der Waals surface area contributed by atoms with Gasteiger partial charge in [-0.1, -0.05) is 29.8 Å². The van der Waals surface area contributed by atoms with E-state index >= 15 is 0 Å². The minimum atomic E-state index is -0.454. The van der Waals surface area contributed by atoms with E-state index in [-0.39, 0.29) is 16.9 Å². The summed E-state index contributed by atoms with van der Waals surface area (Å²) in [7, 11) is 0. The van der Waals surface area contributed by atoms with Crippen LogP contribution in [0.3, 0.4) is 0 Å². The monoisotopic (exact) mass is 319 g/mol. The number of hydrogen-bond donors (Lipinski definition) is 1. The molecule has 4 rings (SSSR count). The van der Waals surface area contributed by atoms with Crippen LogP contribution in [0, 0.1) is 13.8 Å². The molecule has 5 nitrogen and oxygen atoms in total. The van der Waals surface area contributed by atoms with Crippen LogP contribution in [0.15, 0.2) is 40.8 Å². The lowest BCUT2D eigenvalue weighted by Crippen LogP contribution is -2.19. The molecule has 1 aliphatic heterocycles. The van der Waals surface area contributed by atoms with Crippen molar-refractivity contribution in [3.05, 3.63) is 70.0 Å². The Morgan fingerprint density at radius 2 is 1.58 bits per heavy atom. The Labute approximate surface area is 137 Å². The second-order valence-electron chi connectivity index (χ2n) is 5.91. The van der Waals surface area contributed by atoms with E-state index in [0.29, 0.717) is 27.9 Å². The van der Waals surface area contributed by atoms with Crippen molar-refractivity contribution in [1.82, 2.24) is 5.32 Å². The van der Waals surface area contributed by atoms with Crippen LogP contribution in [-0.2, 0) is 0 Å². The highest BCUT2D eigenvalue weighted by atomic mass is 16.3. The molecular weight excluding hydrogens is 306 g/mol. The lowest BCUT2D eigenvalue weighted by atomic mass is 9.97. The molecule has 2 heterocycles. The molecule has 0 bridgehead atoms. The van der Waals surface area contributed by atoms with Gasteiger partial charge in [0, 0.05) is 10.9 Å². The van der Waals surface area contributed by atoms with Crippen molar-refractivity contribution in [3.8, 4) is 0 Å². The van der Waals surface area contributed by atoms with Crippen molar-refractivity contribution in [2.45, 2.75) is 13.8 Å². The summed E-state index contributed by atoms with van der Waals surface area (Å²) >= 11 is 0. The van der Waals surface area contributed by atoms with E-state index in [9.17, 15) is 14.4 Å². The van der Waals surface area contributed by atoms with Crippen molar-refractivity contribution in [2.24, 2.45) is 0 Å². The maximum Gasteiger partial charge on any atom is 0.259 e. The van der Waals surface area contributed by atoms with Gasteiger partial charge in [0.15, 0.2) is 5.78 Å². The molecule has 0 unspecified atom stereocenters. The van der Waals surface area contributed by atoms with E-state index in [0.717, 1.165) is 5.56 Å². The number of fused-ring (bicyclic) bond motifs is 2. The van der Waals surface area contributed by atoms with Crippen molar-refractivity contribution in [2.75, 3.05) is 0 Å². The van der Waals surface area contributed by atoms with Crippen LogP contribution in [-0.4, -0.2) is 17.6 Å². The summed E-state index contributed by atoms with van der Waals surface area (Å²) in [5.74, 6) is -0.607. The molecule has 2 aromatic carbocycles. The summed E-state index contributed by atoms with van der Waals surface area (Å²) in [6, 6.07) is 10.3. The van der Waals surface area contributed by atoms with Crippen molar-refractivity contribution < 1.29 is 18.8 Å². The number of nitrogens with one attached hydrogen (secondary N) is 1. The predicted molar refractivity (Wildman–Crippen MR) is 87.4 cm³/mol. The molecule has 3 aromatic rings. The van der Waals surface area contributed by atoms with Crippen molar-refractivity contribution in [3.63, 3.8) is 0 Å². The standard InChI is InChI=1S/C19H13NO4/c1-9-3-5-11(6-4-9)17(21)16-10(2)24-15-8-13-12(7-14(15)16)18(22)20-19(13)23/h3-8H,1-2H3,(H,20,22,23). The zero-order chi connectivity index (χ0) is 17.0. The Bertz CT molecular complexity index is 1040. The van der Waals surface area contributed by atoms with Gasteiger partial charge >= 0.3 is 0 Å². The number of amides is 2. The highest BCUT2D eigenvalue weighted by Crippen LogP contribution is 2.31. The van der Waals surface area contributed by atoms with Gasteiger partial charge in [0.25, 0.3) is 11.8 Å². The first kappa shape index (κ1) is 14.4. The SMILES string of the molecule is Cc1ccc(C(=O)c2c(C)oc3cc4c(cc23)C(=O)NC4=O)cc1. The molecule has 0 atom stereocenters. The van der Waals surface area contributed by atoms with Crippen LogP contribution in [0.1, 0.15) is 48.0 Å². The molecule has 118 valence electrons. The van der Waals surface area contributed by atoms with Gasteiger partial charge in [0.2, 0.25) is 0 Å². The number of aryl methyl sites for hydroxylation is 2. The fourth-order valence-electron chi connectivity index (χ4n) is 3.01. The van der Waals surface area contributed by atoms with E-state index < -0.39 is 11.8 Å². The first-order valence-electron chi connectivity index (χ1n) is 7.50. The van der Waals surface area contributed by atoms with Crippen molar-refractivity contribution >= 4 is 28.6 Å². The largest absolute Gasteiger partial charge is 0.461 e. The first-order valence-corrected chi connectivity index (χ1v) is 7.50. The van der Waals surface area contributed by atoms with Gasteiger partial charge in [0.1, 0.15) is 11.3 Å². The highest BCUT2D eigenvalue weighted by molar-refractivity contribution is 6.24. The van der Waals surface area contributed by atoms with E-state index in [4.69, 9.17) is 4.42 Å². The van der Waals surface area contributed by atoms with E-state index in [1.165, 1.54) is 6.07 Å². The summed E-state index contributed by atoms with van der Waals surface area (Å²) in [6.45, 7) is 3.65. The minimum absolute atomic E-state index is 0.170. The lowest BCUT2D eigenvalue weighted by Gasteiger charge is -2.02. The number of imide groups is 1. The van der Waals surface area contributed by atoms with Gasteiger partial charge in [-0.15, -0.1) is 0 Å². The first-order chi connectivity index (χ1) is 11.5. The van der Waals surface area contributed by atoms with E-state index in [2.05, 4.69) is 5.32 Å². The molecule has 0 saturated heterocycles.